The summed E-state index contributed by atoms with van der Waals surface area (Å²) in [7, 11) is 5.10. The van der Waals surface area contributed by atoms with Crippen LogP contribution in [0.1, 0.15) is 36.5 Å². The van der Waals surface area contributed by atoms with Gasteiger partial charge in [-0.15, -0.1) is 0 Å². The summed E-state index contributed by atoms with van der Waals surface area (Å²) in [5.74, 6) is 0.393. The number of methoxy groups -OCH3 is 2. The van der Waals surface area contributed by atoms with Crippen molar-refractivity contribution in [1.29, 1.82) is 0 Å². The number of rotatable bonds is 5. The lowest BCUT2D eigenvalue weighted by atomic mass is 10.00. The maximum absolute atomic E-state index is 12.5. The van der Waals surface area contributed by atoms with Crippen molar-refractivity contribution < 1.29 is 28.5 Å². The highest BCUT2D eigenvalue weighted by atomic mass is 16.6. The molecular formula is C19H25NO6. The maximum Gasteiger partial charge on any atom is 0.338 e. The minimum absolute atomic E-state index is 0.0841. The van der Waals surface area contributed by atoms with E-state index in [9.17, 15) is 9.59 Å². The van der Waals surface area contributed by atoms with E-state index >= 15 is 0 Å². The summed E-state index contributed by atoms with van der Waals surface area (Å²) in [5.41, 5.74) is 0.422. The number of carbonyl (C=O) groups is 2. The molecule has 1 aromatic rings. The first-order valence-corrected chi connectivity index (χ1v) is 8.75. The van der Waals surface area contributed by atoms with Gasteiger partial charge in [-0.05, 0) is 25.2 Å². The number of ether oxygens (including phenoxy) is 4. The van der Waals surface area contributed by atoms with E-state index in [4.69, 9.17) is 18.9 Å². The van der Waals surface area contributed by atoms with Crippen LogP contribution in [-0.2, 0) is 14.3 Å². The summed E-state index contributed by atoms with van der Waals surface area (Å²) >= 11 is 0. The largest absolute Gasteiger partial charge is 0.493 e. The molecule has 1 aromatic carbocycles. The SMILES string of the molecule is COc1ccc(C(=O)O[C@H]2C[C@H]3C[C@H](OC(C)=O)[C@@H](C2)N3C)cc1OC. The Hall–Kier alpha value is -2.28. The van der Waals surface area contributed by atoms with Crippen molar-refractivity contribution >= 4 is 11.9 Å². The summed E-state index contributed by atoms with van der Waals surface area (Å²) in [6, 6.07) is 5.30. The Kier molecular flexibility index (Phi) is 5.36. The molecule has 2 fully saturated rings. The number of carbonyl (C=O) groups excluding carboxylic acids is 2. The van der Waals surface area contributed by atoms with Crippen LogP contribution in [0.15, 0.2) is 18.2 Å². The van der Waals surface area contributed by atoms with Crippen LogP contribution < -0.4 is 9.47 Å². The Balaban J connectivity index is 1.67. The Labute approximate surface area is 153 Å². The van der Waals surface area contributed by atoms with Gasteiger partial charge in [0.25, 0.3) is 0 Å². The molecule has 3 rings (SSSR count). The lowest BCUT2D eigenvalue weighted by Gasteiger charge is -2.36. The Morgan fingerprint density at radius 3 is 2.42 bits per heavy atom. The van der Waals surface area contributed by atoms with Crippen LogP contribution in [0.5, 0.6) is 11.5 Å². The third-order valence-electron chi connectivity index (χ3n) is 5.28. The lowest BCUT2D eigenvalue weighted by molar-refractivity contribution is -0.147. The first-order chi connectivity index (χ1) is 12.4. The predicted molar refractivity (Wildman–Crippen MR) is 93.5 cm³/mol. The second-order valence-corrected chi connectivity index (χ2v) is 6.84. The molecule has 4 atom stereocenters. The molecule has 7 heteroatoms. The van der Waals surface area contributed by atoms with Crippen LogP contribution in [0.4, 0.5) is 0 Å². The smallest absolute Gasteiger partial charge is 0.338 e. The van der Waals surface area contributed by atoms with Crippen molar-refractivity contribution in [2.24, 2.45) is 0 Å². The van der Waals surface area contributed by atoms with Crippen LogP contribution >= 0.6 is 0 Å². The summed E-state index contributed by atoms with van der Waals surface area (Å²) < 4.78 is 21.6. The number of nitrogens with zero attached hydrogens (tertiary/aromatic N) is 1. The number of hydrogen-bond donors (Lipinski definition) is 0. The Bertz CT molecular complexity index is 691. The number of esters is 2. The molecule has 0 unspecified atom stereocenters. The van der Waals surface area contributed by atoms with Gasteiger partial charge in [0.15, 0.2) is 11.5 Å². The van der Waals surface area contributed by atoms with Gasteiger partial charge in [0.05, 0.1) is 25.8 Å². The molecule has 0 spiro atoms. The van der Waals surface area contributed by atoms with Crippen molar-refractivity contribution in [3.05, 3.63) is 23.8 Å². The van der Waals surface area contributed by atoms with Crippen LogP contribution in [0, 0.1) is 0 Å². The molecule has 2 bridgehead atoms. The topological polar surface area (TPSA) is 74.3 Å². The first kappa shape index (κ1) is 18.5. The van der Waals surface area contributed by atoms with Gasteiger partial charge in [0.1, 0.15) is 12.2 Å². The van der Waals surface area contributed by atoms with E-state index in [1.165, 1.54) is 14.0 Å². The zero-order valence-electron chi connectivity index (χ0n) is 15.6. The number of likely N-dealkylation sites (N-methyl/N-ethyl adjacent to an activating group) is 1. The van der Waals surface area contributed by atoms with Gasteiger partial charge >= 0.3 is 11.9 Å². The van der Waals surface area contributed by atoms with E-state index in [-0.39, 0.29) is 36.2 Å². The van der Waals surface area contributed by atoms with Gasteiger partial charge in [-0.25, -0.2) is 4.79 Å². The van der Waals surface area contributed by atoms with Gasteiger partial charge in [-0.2, -0.15) is 0 Å². The highest BCUT2D eigenvalue weighted by Crippen LogP contribution is 2.38. The maximum atomic E-state index is 12.5. The quantitative estimate of drug-likeness (QED) is 0.741. The van der Waals surface area contributed by atoms with E-state index in [1.54, 1.807) is 25.3 Å². The Morgan fingerprint density at radius 1 is 1.04 bits per heavy atom. The second-order valence-electron chi connectivity index (χ2n) is 6.84. The summed E-state index contributed by atoms with van der Waals surface area (Å²) in [6.07, 6.45) is 1.86. The predicted octanol–water partition coefficient (Wildman–Crippen LogP) is 2.03. The summed E-state index contributed by atoms with van der Waals surface area (Å²) in [4.78, 5) is 26.1. The highest BCUT2D eigenvalue weighted by molar-refractivity contribution is 5.90. The standard InChI is InChI=1S/C19H25NO6/c1-11(21)25-17-9-13-8-14(10-15(17)20(13)2)26-19(22)12-5-6-16(23-3)18(7-12)24-4/h5-7,13-15,17H,8-10H2,1-4H3/t13-,14-,15+,17-/m0/s1. The molecule has 26 heavy (non-hydrogen) atoms. The molecule has 0 aromatic heterocycles. The van der Waals surface area contributed by atoms with Crippen molar-refractivity contribution in [3.8, 4) is 11.5 Å². The average molecular weight is 363 g/mol. The van der Waals surface area contributed by atoms with Gasteiger partial charge in [-0.1, -0.05) is 0 Å². The zero-order chi connectivity index (χ0) is 18.8. The molecular weight excluding hydrogens is 338 g/mol. The van der Waals surface area contributed by atoms with E-state index < -0.39 is 0 Å². The fraction of sp³-hybridized carbons (Fsp3) is 0.579. The number of hydrogen-bond acceptors (Lipinski definition) is 7. The molecule has 2 aliphatic heterocycles. The van der Waals surface area contributed by atoms with Gasteiger partial charge in [0.2, 0.25) is 0 Å². The fourth-order valence-corrected chi connectivity index (χ4v) is 3.99. The Morgan fingerprint density at radius 2 is 1.77 bits per heavy atom. The zero-order valence-corrected chi connectivity index (χ0v) is 15.6. The molecule has 0 radical (unpaired) electrons. The molecule has 2 saturated heterocycles. The number of piperidine rings is 1. The minimum atomic E-state index is -0.385. The summed E-state index contributed by atoms with van der Waals surface area (Å²) in [6.45, 7) is 1.43. The van der Waals surface area contributed by atoms with Gasteiger partial charge in [0, 0.05) is 32.2 Å². The third kappa shape index (κ3) is 3.62. The average Bonchev–Trinajstić information content (AvgIpc) is 2.79. The van der Waals surface area contributed by atoms with Crippen LogP contribution in [0.3, 0.4) is 0 Å². The molecule has 0 amide bonds. The minimum Gasteiger partial charge on any atom is -0.493 e. The van der Waals surface area contributed by atoms with Gasteiger partial charge < -0.3 is 18.9 Å². The van der Waals surface area contributed by atoms with E-state index in [1.807, 2.05) is 7.05 Å². The molecule has 2 heterocycles. The normalized spacial score (nSPS) is 27.7. The van der Waals surface area contributed by atoms with Crippen molar-refractivity contribution in [2.75, 3.05) is 21.3 Å². The fourth-order valence-electron chi connectivity index (χ4n) is 3.99. The van der Waals surface area contributed by atoms with Crippen LogP contribution in [0.2, 0.25) is 0 Å². The number of benzene rings is 1. The molecule has 142 valence electrons. The van der Waals surface area contributed by atoms with Crippen LogP contribution in [-0.4, -0.2) is 62.4 Å². The molecule has 7 nitrogen and oxygen atoms in total. The second kappa shape index (κ2) is 7.53. The summed E-state index contributed by atoms with van der Waals surface area (Å²) in [5, 5.41) is 0. The first-order valence-electron chi connectivity index (χ1n) is 8.75. The monoisotopic (exact) mass is 363 g/mol. The number of fused-ring (bicyclic) bond motifs is 2. The molecule has 0 N–H and O–H groups in total. The van der Waals surface area contributed by atoms with Crippen molar-refractivity contribution in [3.63, 3.8) is 0 Å². The van der Waals surface area contributed by atoms with Gasteiger partial charge in [-0.3, -0.25) is 9.69 Å². The van der Waals surface area contributed by atoms with Crippen molar-refractivity contribution in [1.82, 2.24) is 4.90 Å². The van der Waals surface area contributed by atoms with E-state index in [0.717, 1.165) is 12.8 Å². The third-order valence-corrected chi connectivity index (χ3v) is 5.28. The molecule has 0 aliphatic carbocycles. The molecule has 0 saturated carbocycles. The molecule has 2 aliphatic rings. The highest BCUT2D eigenvalue weighted by Gasteiger charge is 2.47. The van der Waals surface area contributed by atoms with Crippen molar-refractivity contribution in [2.45, 2.75) is 50.5 Å². The lowest BCUT2D eigenvalue weighted by Crippen LogP contribution is -2.46. The van der Waals surface area contributed by atoms with E-state index in [0.29, 0.717) is 23.5 Å². The van der Waals surface area contributed by atoms with Crippen LogP contribution in [0.25, 0.3) is 0 Å². The van der Waals surface area contributed by atoms with E-state index in [2.05, 4.69) is 4.90 Å².